The summed E-state index contributed by atoms with van der Waals surface area (Å²) in [6.07, 6.45) is 2.97. The maximum absolute atomic E-state index is 11.8. The zero-order valence-corrected chi connectivity index (χ0v) is 9.27. The SMILES string of the molecule is CC1CC=C(C(=O)Nc2ccccc2)CO1. The summed E-state index contributed by atoms with van der Waals surface area (Å²) in [7, 11) is 0. The molecule has 1 atom stereocenters. The molecule has 1 aromatic carbocycles. The van der Waals surface area contributed by atoms with Crippen molar-refractivity contribution in [3.63, 3.8) is 0 Å². The van der Waals surface area contributed by atoms with E-state index in [-0.39, 0.29) is 12.0 Å². The highest BCUT2D eigenvalue weighted by molar-refractivity contribution is 6.03. The molecule has 1 unspecified atom stereocenters. The van der Waals surface area contributed by atoms with E-state index in [0.717, 1.165) is 12.1 Å². The zero-order chi connectivity index (χ0) is 11.4. The zero-order valence-electron chi connectivity index (χ0n) is 9.27. The lowest BCUT2D eigenvalue weighted by molar-refractivity contribution is -0.113. The van der Waals surface area contributed by atoms with Crippen LogP contribution in [0.4, 0.5) is 5.69 Å². The number of para-hydroxylation sites is 1. The van der Waals surface area contributed by atoms with Crippen LogP contribution < -0.4 is 5.32 Å². The summed E-state index contributed by atoms with van der Waals surface area (Å²) >= 11 is 0. The second-order valence-electron chi connectivity index (χ2n) is 3.91. The van der Waals surface area contributed by atoms with Gasteiger partial charge in [-0.1, -0.05) is 24.3 Å². The number of carbonyl (C=O) groups is 1. The lowest BCUT2D eigenvalue weighted by Crippen LogP contribution is -2.23. The quantitative estimate of drug-likeness (QED) is 0.825. The van der Waals surface area contributed by atoms with Gasteiger partial charge in [0.1, 0.15) is 0 Å². The third kappa shape index (κ3) is 2.70. The van der Waals surface area contributed by atoms with Crippen molar-refractivity contribution in [2.45, 2.75) is 19.4 Å². The van der Waals surface area contributed by atoms with E-state index < -0.39 is 0 Å². The van der Waals surface area contributed by atoms with Crippen LogP contribution in [0.3, 0.4) is 0 Å². The second-order valence-corrected chi connectivity index (χ2v) is 3.91. The van der Waals surface area contributed by atoms with Crippen LogP contribution in [-0.2, 0) is 9.53 Å². The molecule has 0 aromatic heterocycles. The molecule has 1 aliphatic heterocycles. The fourth-order valence-electron chi connectivity index (χ4n) is 1.56. The van der Waals surface area contributed by atoms with Crippen molar-refractivity contribution in [2.75, 3.05) is 11.9 Å². The van der Waals surface area contributed by atoms with Gasteiger partial charge in [-0.2, -0.15) is 0 Å². The molecule has 1 amide bonds. The van der Waals surface area contributed by atoms with Gasteiger partial charge < -0.3 is 10.1 Å². The van der Waals surface area contributed by atoms with E-state index >= 15 is 0 Å². The number of benzene rings is 1. The molecular formula is C13H15NO2. The topological polar surface area (TPSA) is 38.3 Å². The monoisotopic (exact) mass is 217 g/mol. The Labute approximate surface area is 95.1 Å². The van der Waals surface area contributed by atoms with Gasteiger partial charge in [0.15, 0.2) is 0 Å². The molecular weight excluding hydrogens is 202 g/mol. The summed E-state index contributed by atoms with van der Waals surface area (Å²) in [5, 5.41) is 2.84. The van der Waals surface area contributed by atoms with Crippen molar-refractivity contribution >= 4 is 11.6 Å². The molecule has 1 N–H and O–H groups in total. The van der Waals surface area contributed by atoms with Crippen molar-refractivity contribution in [1.82, 2.24) is 0 Å². The van der Waals surface area contributed by atoms with Crippen LogP contribution >= 0.6 is 0 Å². The third-order valence-corrected chi connectivity index (χ3v) is 2.54. The molecule has 0 radical (unpaired) electrons. The normalized spacial score (nSPS) is 20.1. The van der Waals surface area contributed by atoms with E-state index in [1.165, 1.54) is 0 Å². The van der Waals surface area contributed by atoms with Crippen molar-refractivity contribution in [3.8, 4) is 0 Å². The Hall–Kier alpha value is -1.61. The van der Waals surface area contributed by atoms with Gasteiger partial charge in [0.2, 0.25) is 0 Å². The maximum atomic E-state index is 11.8. The van der Waals surface area contributed by atoms with Crippen LogP contribution in [0.5, 0.6) is 0 Å². The molecule has 16 heavy (non-hydrogen) atoms. The lowest BCUT2D eigenvalue weighted by Gasteiger charge is -2.18. The van der Waals surface area contributed by atoms with Crippen molar-refractivity contribution in [3.05, 3.63) is 42.0 Å². The van der Waals surface area contributed by atoms with Crippen LogP contribution in [0, 0.1) is 0 Å². The van der Waals surface area contributed by atoms with E-state index in [2.05, 4.69) is 5.32 Å². The molecule has 0 saturated carbocycles. The molecule has 1 heterocycles. The Morgan fingerprint density at radius 1 is 1.38 bits per heavy atom. The van der Waals surface area contributed by atoms with E-state index in [0.29, 0.717) is 12.2 Å². The summed E-state index contributed by atoms with van der Waals surface area (Å²) < 4.78 is 5.42. The highest BCUT2D eigenvalue weighted by Gasteiger charge is 2.16. The van der Waals surface area contributed by atoms with Crippen molar-refractivity contribution < 1.29 is 9.53 Å². The number of rotatable bonds is 2. The lowest BCUT2D eigenvalue weighted by atomic mass is 10.1. The van der Waals surface area contributed by atoms with Crippen LogP contribution in [0.25, 0.3) is 0 Å². The summed E-state index contributed by atoms with van der Waals surface area (Å²) in [6.45, 7) is 2.40. The largest absolute Gasteiger partial charge is 0.373 e. The Balaban J connectivity index is 1.99. The predicted molar refractivity (Wildman–Crippen MR) is 63.2 cm³/mol. The highest BCUT2D eigenvalue weighted by Crippen LogP contribution is 2.14. The average Bonchev–Trinajstić information content (AvgIpc) is 2.31. The smallest absolute Gasteiger partial charge is 0.253 e. The third-order valence-electron chi connectivity index (χ3n) is 2.54. The Bertz CT molecular complexity index is 398. The molecule has 0 fully saturated rings. The van der Waals surface area contributed by atoms with Gasteiger partial charge in [-0.05, 0) is 25.5 Å². The molecule has 0 saturated heterocycles. The number of ether oxygens (including phenoxy) is 1. The van der Waals surface area contributed by atoms with Gasteiger partial charge in [0.25, 0.3) is 5.91 Å². The summed E-state index contributed by atoms with van der Waals surface area (Å²) in [5.74, 6) is -0.0712. The number of carbonyl (C=O) groups excluding carboxylic acids is 1. The summed E-state index contributed by atoms with van der Waals surface area (Å²) in [4.78, 5) is 11.8. The standard InChI is InChI=1S/C13H15NO2/c1-10-7-8-11(9-16-10)13(15)14-12-5-3-2-4-6-12/h2-6,8,10H,7,9H2,1H3,(H,14,15). The first kappa shape index (κ1) is 10.9. The second kappa shape index (κ2) is 4.94. The Morgan fingerprint density at radius 3 is 2.75 bits per heavy atom. The van der Waals surface area contributed by atoms with E-state index in [9.17, 15) is 4.79 Å². The minimum absolute atomic E-state index is 0.0712. The van der Waals surface area contributed by atoms with Crippen molar-refractivity contribution in [2.24, 2.45) is 0 Å². The predicted octanol–water partition coefficient (Wildman–Crippen LogP) is 2.36. The maximum Gasteiger partial charge on any atom is 0.253 e. The first-order valence-corrected chi connectivity index (χ1v) is 5.43. The highest BCUT2D eigenvalue weighted by atomic mass is 16.5. The molecule has 3 nitrogen and oxygen atoms in total. The fourth-order valence-corrected chi connectivity index (χ4v) is 1.56. The first-order chi connectivity index (χ1) is 7.75. The molecule has 0 bridgehead atoms. The van der Waals surface area contributed by atoms with Gasteiger partial charge in [0, 0.05) is 11.3 Å². The Morgan fingerprint density at radius 2 is 2.12 bits per heavy atom. The molecule has 0 spiro atoms. The van der Waals surface area contributed by atoms with E-state index in [4.69, 9.17) is 4.74 Å². The number of amides is 1. The molecule has 84 valence electrons. The number of nitrogens with one attached hydrogen (secondary N) is 1. The summed E-state index contributed by atoms with van der Waals surface area (Å²) in [5.41, 5.74) is 1.52. The fraction of sp³-hybridized carbons (Fsp3) is 0.308. The van der Waals surface area contributed by atoms with Crippen LogP contribution in [0.15, 0.2) is 42.0 Å². The van der Waals surface area contributed by atoms with Crippen LogP contribution in [0.2, 0.25) is 0 Å². The van der Waals surface area contributed by atoms with Gasteiger partial charge in [-0.3, -0.25) is 4.79 Å². The average molecular weight is 217 g/mol. The number of anilines is 1. The summed E-state index contributed by atoms with van der Waals surface area (Å²) in [6, 6.07) is 9.43. The molecule has 1 aliphatic rings. The number of hydrogen-bond acceptors (Lipinski definition) is 2. The van der Waals surface area contributed by atoms with Gasteiger partial charge in [-0.15, -0.1) is 0 Å². The van der Waals surface area contributed by atoms with Gasteiger partial charge in [0.05, 0.1) is 12.7 Å². The van der Waals surface area contributed by atoms with E-state index in [1.807, 2.05) is 43.3 Å². The van der Waals surface area contributed by atoms with Crippen LogP contribution in [-0.4, -0.2) is 18.6 Å². The van der Waals surface area contributed by atoms with Gasteiger partial charge in [-0.25, -0.2) is 0 Å². The van der Waals surface area contributed by atoms with Crippen molar-refractivity contribution in [1.29, 1.82) is 0 Å². The van der Waals surface area contributed by atoms with Gasteiger partial charge >= 0.3 is 0 Å². The van der Waals surface area contributed by atoms with E-state index in [1.54, 1.807) is 0 Å². The molecule has 2 rings (SSSR count). The van der Waals surface area contributed by atoms with Crippen LogP contribution in [0.1, 0.15) is 13.3 Å². The molecule has 3 heteroatoms. The first-order valence-electron chi connectivity index (χ1n) is 5.43. The Kier molecular flexibility index (Phi) is 3.37. The molecule has 1 aromatic rings. The minimum atomic E-state index is -0.0712. The molecule has 0 aliphatic carbocycles. The number of hydrogen-bond donors (Lipinski definition) is 1. The minimum Gasteiger partial charge on any atom is -0.373 e.